The number of rotatable bonds is 1. The topological polar surface area (TPSA) is 74.7 Å². The Hall–Kier alpha value is -1.91. The van der Waals surface area contributed by atoms with Crippen LogP contribution in [0.5, 0.6) is 0 Å². The zero-order valence-electron chi connectivity index (χ0n) is 11.2. The van der Waals surface area contributed by atoms with Crippen LogP contribution in [0.1, 0.15) is 15.9 Å². The van der Waals surface area contributed by atoms with Gasteiger partial charge in [0, 0.05) is 18.7 Å². The maximum atomic E-state index is 13.8. The summed E-state index contributed by atoms with van der Waals surface area (Å²) in [6.45, 7) is -0.133. The third-order valence-corrected chi connectivity index (χ3v) is 4.76. The Morgan fingerprint density at radius 1 is 1.33 bits per heavy atom. The number of benzene rings is 1. The van der Waals surface area contributed by atoms with E-state index in [1.54, 1.807) is 0 Å². The quantitative estimate of drug-likeness (QED) is 0.743. The van der Waals surface area contributed by atoms with Gasteiger partial charge >= 0.3 is 0 Å². The zero-order chi connectivity index (χ0) is 15.5. The highest BCUT2D eigenvalue weighted by Crippen LogP contribution is 2.14. The molecule has 0 unspecified atom stereocenters. The van der Waals surface area contributed by atoms with E-state index in [-0.39, 0.29) is 42.3 Å². The van der Waals surface area contributed by atoms with Crippen molar-refractivity contribution >= 4 is 15.7 Å². The zero-order valence-corrected chi connectivity index (χ0v) is 12.0. The number of carbonyl (C=O) groups is 1. The second-order valence-electron chi connectivity index (χ2n) is 4.60. The van der Waals surface area contributed by atoms with Crippen LogP contribution in [0.3, 0.4) is 0 Å². The van der Waals surface area contributed by atoms with Crippen molar-refractivity contribution in [3.8, 4) is 11.8 Å². The van der Waals surface area contributed by atoms with Crippen molar-refractivity contribution in [3.05, 3.63) is 35.1 Å². The number of amides is 1. The van der Waals surface area contributed by atoms with Crippen LogP contribution in [-0.2, 0) is 9.84 Å². The molecule has 2 rings (SSSR count). The minimum Gasteiger partial charge on any atom is -0.384 e. The van der Waals surface area contributed by atoms with E-state index in [0.29, 0.717) is 0 Å². The van der Waals surface area contributed by atoms with Gasteiger partial charge in [0.1, 0.15) is 12.4 Å². The molecule has 0 radical (unpaired) electrons. The summed E-state index contributed by atoms with van der Waals surface area (Å²) < 4.78 is 36.4. The summed E-state index contributed by atoms with van der Waals surface area (Å²) in [6.07, 6.45) is 0. The average Bonchev–Trinajstić information content (AvgIpc) is 2.45. The molecule has 1 aromatic rings. The van der Waals surface area contributed by atoms with Crippen LogP contribution in [0.15, 0.2) is 18.2 Å². The molecule has 7 heteroatoms. The van der Waals surface area contributed by atoms with Gasteiger partial charge in [-0.05, 0) is 18.2 Å². The van der Waals surface area contributed by atoms with E-state index in [0.717, 1.165) is 6.07 Å². The number of sulfone groups is 1. The van der Waals surface area contributed by atoms with Crippen LogP contribution < -0.4 is 0 Å². The van der Waals surface area contributed by atoms with E-state index in [4.69, 9.17) is 5.11 Å². The normalized spacial score (nSPS) is 17.0. The molecule has 5 nitrogen and oxygen atoms in total. The van der Waals surface area contributed by atoms with Gasteiger partial charge in [0.05, 0.1) is 17.1 Å². The van der Waals surface area contributed by atoms with Crippen LogP contribution in [0.2, 0.25) is 0 Å². The molecule has 1 amide bonds. The fourth-order valence-corrected chi connectivity index (χ4v) is 3.18. The lowest BCUT2D eigenvalue weighted by molar-refractivity contribution is 0.0769. The summed E-state index contributed by atoms with van der Waals surface area (Å²) in [6, 6.07) is 3.88. The summed E-state index contributed by atoms with van der Waals surface area (Å²) in [5.74, 6) is 3.59. The van der Waals surface area contributed by atoms with Gasteiger partial charge in [0.15, 0.2) is 9.84 Å². The minimum atomic E-state index is -3.07. The molecule has 112 valence electrons. The summed E-state index contributed by atoms with van der Waals surface area (Å²) in [5.41, 5.74) is 0.253. The number of carbonyl (C=O) groups excluding carboxylic acids is 1. The van der Waals surface area contributed by atoms with Crippen molar-refractivity contribution < 1.29 is 22.7 Å². The van der Waals surface area contributed by atoms with E-state index in [2.05, 4.69) is 11.8 Å². The van der Waals surface area contributed by atoms with Gasteiger partial charge in [-0.1, -0.05) is 11.8 Å². The molecule has 1 heterocycles. The number of aliphatic hydroxyl groups excluding tert-OH is 1. The van der Waals surface area contributed by atoms with Gasteiger partial charge < -0.3 is 10.0 Å². The molecule has 21 heavy (non-hydrogen) atoms. The van der Waals surface area contributed by atoms with Crippen LogP contribution >= 0.6 is 0 Å². The predicted molar refractivity (Wildman–Crippen MR) is 74.9 cm³/mol. The van der Waals surface area contributed by atoms with Crippen LogP contribution in [0, 0.1) is 17.7 Å². The molecule has 1 fully saturated rings. The predicted octanol–water partition coefficient (Wildman–Crippen LogP) is 0.0401. The fraction of sp³-hybridized carbons (Fsp3) is 0.357. The fourth-order valence-electron chi connectivity index (χ4n) is 1.98. The van der Waals surface area contributed by atoms with Crippen molar-refractivity contribution in [2.75, 3.05) is 31.2 Å². The van der Waals surface area contributed by atoms with E-state index < -0.39 is 21.6 Å². The second kappa shape index (κ2) is 6.24. The molecule has 0 bridgehead atoms. The first-order valence-electron chi connectivity index (χ1n) is 6.32. The first-order valence-corrected chi connectivity index (χ1v) is 8.14. The van der Waals surface area contributed by atoms with Crippen molar-refractivity contribution in [1.29, 1.82) is 0 Å². The molecule has 1 saturated heterocycles. The Bertz CT molecular complexity index is 704. The van der Waals surface area contributed by atoms with Crippen LogP contribution in [0.25, 0.3) is 0 Å². The van der Waals surface area contributed by atoms with E-state index in [1.165, 1.54) is 17.0 Å². The summed E-state index contributed by atoms with van der Waals surface area (Å²) in [5, 5.41) is 8.57. The average molecular weight is 311 g/mol. The minimum absolute atomic E-state index is 0.0682. The molecule has 0 aliphatic carbocycles. The van der Waals surface area contributed by atoms with Gasteiger partial charge in [0.25, 0.3) is 5.91 Å². The number of halogens is 1. The molecular weight excluding hydrogens is 297 g/mol. The molecule has 1 aliphatic heterocycles. The van der Waals surface area contributed by atoms with Gasteiger partial charge in [-0.2, -0.15) is 0 Å². The van der Waals surface area contributed by atoms with Crippen LogP contribution in [0.4, 0.5) is 4.39 Å². The first-order chi connectivity index (χ1) is 9.93. The number of hydrogen-bond donors (Lipinski definition) is 1. The lowest BCUT2D eigenvalue weighted by Gasteiger charge is -2.26. The highest BCUT2D eigenvalue weighted by molar-refractivity contribution is 7.91. The van der Waals surface area contributed by atoms with Gasteiger partial charge in [-0.15, -0.1) is 0 Å². The van der Waals surface area contributed by atoms with Crippen molar-refractivity contribution in [2.45, 2.75) is 0 Å². The van der Waals surface area contributed by atoms with Crippen molar-refractivity contribution in [1.82, 2.24) is 4.90 Å². The van der Waals surface area contributed by atoms with Crippen molar-refractivity contribution in [2.24, 2.45) is 0 Å². The Morgan fingerprint density at radius 3 is 2.57 bits per heavy atom. The maximum absolute atomic E-state index is 13.8. The molecular formula is C14H14FNO4S. The summed E-state index contributed by atoms with van der Waals surface area (Å²) in [7, 11) is -3.07. The smallest absolute Gasteiger partial charge is 0.254 e. The molecule has 1 aliphatic rings. The van der Waals surface area contributed by atoms with E-state index in [9.17, 15) is 17.6 Å². The standard InChI is InChI=1S/C14H14FNO4S/c15-13-10-12(4-3-11(13)2-1-7-17)14(18)16-5-8-21(19,20)9-6-16/h3-4,10,17H,5-9H2. The van der Waals surface area contributed by atoms with E-state index >= 15 is 0 Å². The molecule has 1 N–H and O–H groups in total. The lowest BCUT2D eigenvalue weighted by Crippen LogP contribution is -2.43. The molecule has 0 atom stereocenters. The lowest BCUT2D eigenvalue weighted by atomic mass is 10.1. The third kappa shape index (κ3) is 3.80. The Labute approximate surface area is 122 Å². The van der Waals surface area contributed by atoms with Crippen LogP contribution in [-0.4, -0.2) is 55.5 Å². The maximum Gasteiger partial charge on any atom is 0.254 e. The molecule has 1 aromatic carbocycles. The first kappa shape index (κ1) is 15.5. The van der Waals surface area contributed by atoms with Gasteiger partial charge in [-0.25, -0.2) is 12.8 Å². The Balaban J connectivity index is 2.15. The highest BCUT2D eigenvalue weighted by Gasteiger charge is 2.26. The summed E-state index contributed by atoms with van der Waals surface area (Å²) >= 11 is 0. The molecule has 0 spiro atoms. The Morgan fingerprint density at radius 2 is 2.00 bits per heavy atom. The Kier molecular flexibility index (Phi) is 4.60. The SMILES string of the molecule is O=C(c1ccc(C#CCO)c(F)c1)N1CCS(=O)(=O)CC1. The highest BCUT2D eigenvalue weighted by atomic mass is 32.2. The number of aliphatic hydroxyl groups is 1. The second-order valence-corrected chi connectivity index (χ2v) is 6.90. The monoisotopic (exact) mass is 311 g/mol. The number of nitrogens with zero attached hydrogens (tertiary/aromatic N) is 1. The third-order valence-electron chi connectivity index (χ3n) is 3.15. The van der Waals surface area contributed by atoms with Crippen molar-refractivity contribution in [3.63, 3.8) is 0 Å². The summed E-state index contributed by atoms with van der Waals surface area (Å²) in [4.78, 5) is 13.6. The molecule has 0 aromatic heterocycles. The molecule has 0 saturated carbocycles. The van der Waals surface area contributed by atoms with E-state index in [1.807, 2.05) is 0 Å². The van der Waals surface area contributed by atoms with Gasteiger partial charge in [0.2, 0.25) is 0 Å². The number of hydrogen-bond acceptors (Lipinski definition) is 4. The van der Waals surface area contributed by atoms with Gasteiger partial charge in [-0.3, -0.25) is 4.79 Å². The largest absolute Gasteiger partial charge is 0.384 e.